The zero-order valence-corrected chi connectivity index (χ0v) is 22.3. The van der Waals surface area contributed by atoms with Crippen LogP contribution in [0.4, 0.5) is 4.79 Å². The minimum atomic E-state index is -3.67. The average Bonchev–Trinajstić information content (AvgIpc) is 2.49. The number of nitrogens with one attached hydrogen (secondary N) is 1. The first-order chi connectivity index (χ1) is 13.3. The molecule has 0 saturated heterocycles. The van der Waals surface area contributed by atoms with Gasteiger partial charge in [0, 0.05) is 6.10 Å². The van der Waals surface area contributed by atoms with Crippen LogP contribution in [0.2, 0.25) is 18.1 Å². The maximum Gasteiger partial charge on any atom is 0.407 e. The Hall–Kier alpha value is -0.643. The largest absolute Gasteiger partial charge is 0.444 e. The van der Waals surface area contributed by atoms with Crippen LogP contribution >= 0.6 is 0 Å². The summed E-state index contributed by atoms with van der Waals surface area (Å²) in [5, 5.41) is 2.90. The summed E-state index contributed by atoms with van der Waals surface area (Å²) in [4.78, 5) is 12.2. The van der Waals surface area contributed by atoms with Gasteiger partial charge < -0.3 is 14.5 Å². The Bertz CT molecular complexity index is 673. The van der Waals surface area contributed by atoms with Gasteiger partial charge in [0.25, 0.3) is 10.1 Å². The summed E-state index contributed by atoms with van der Waals surface area (Å²) < 4.78 is 41.0. The molecule has 0 spiro atoms. The van der Waals surface area contributed by atoms with E-state index in [9.17, 15) is 13.2 Å². The SMILES string of the molecule is C[C@H](NC(=O)OC(C)(C)C)C(OS(C)(=O)=O)C1CCC(O[Si](C)(C)C(C)(C)C)CC1. The van der Waals surface area contributed by atoms with Gasteiger partial charge in [-0.3, -0.25) is 4.18 Å². The number of hydrogen-bond acceptors (Lipinski definition) is 6. The minimum absolute atomic E-state index is 0.0175. The maximum absolute atomic E-state index is 12.2. The Kier molecular flexibility index (Phi) is 9.02. The van der Waals surface area contributed by atoms with Gasteiger partial charge in [-0.15, -0.1) is 0 Å². The molecular formula is C21H43NO6SSi. The third kappa shape index (κ3) is 9.24. The third-order valence-electron chi connectivity index (χ3n) is 5.97. The van der Waals surface area contributed by atoms with Gasteiger partial charge in [-0.05, 0) is 77.4 Å². The summed E-state index contributed by atoms with van der Waals surface area (Å²) in [6.07, 6.45) is 3.33. The van der Waals surface area contributed by atoms with E-state index < -0.39 is 42.3 Å². The molecule has 1 N–H and O–H groups in total. The van der Waals surface area contributed by atoms with Crippen LogP contribution in [0.1, 0.15) is 74.1 Å². The fraction of sp³-hybridized carbons (Fsp3) is 0.952. The molecule has 0 heterocycles. The van der Waals surface area contributed by atoms with Crippen LogP contribution in [0.25, 0.3) is 0 Å². The zero-order chi connectivity index (χ0) is 23.5. The molecule has 0 radical (unpaired) electrons. The summed E-state index contributed by atoms with van der Waals surface area (Å²) in [6, 6.07) is -0.502. The Balaban J connectivity index is 2.80. The second-order valence-corrected chi connectivity index (χ2v) is 17.5. The average molecular weight is 466 g/mol. The molecule has 1 aliphatic carbocycles. The van der Waals surface area contributed by atoms with Crippen molar-refractivity contribution in [2.75, 3.05) is 6.26 Å². The van der Waals surface area contributed by atoms with Crippen LogP contribution < -0.4 is 5.32 Å². The zero-order valence-electron chi connectivity index (χ0n) is 20.5. The molecule has 1 rings (SSSR count). The molecular weight excluding hydrogens is 422 g/mol. The van der Waals surface area contributed by atoms with E-state index in [4.69, 9.17) is 13.3 Å². The summed E-state index contributed by atoms with van der Waals surface area (Å²) in [6.45, 7) is 18.3. The minimum Gasteiger partial charge on any atom is -0.444 e. The number of ether oxygens (including phenoxy) is 1. The van der Waals surface area contributed by atoms with Crippen LogP contribution in [0.5, 0.6) is 0 Å². The molecule has 1 unspecified atom stereocenters. The standard InChI is InChI=1S/C21H43NO6SSi/c1-15(22-19(23)26-20(2,3)4)18(27-29(8,24)25)16-11-13-17(14-12-16)28-30(9,10)21(5,6)7/h15-18H,11-14H2,1-10H3,(H,22,23)/t15-,16?,17?,18?/m0/s1. The predicted octanol–water partition coefficient (Wildman–Crippen LogP) is 4.83. The van der Waals surface area contributed by atoms with Gasteiger partial charge in [0.1, 0.15) is 5.60 Å². The molecule has 0 aromatic carbocycles. The normalized spacial score (nSPS) is 23.5. The number of rotatable bonds is 7. The summed E-state index contributed by atoms with van der Waals surface area (Å²) in [7, 11) is -5.51. The summed E-state index contributed by atoms with van der Waals surface area (Å²) in [5.41, 5.74) is -0.629. The van der Waals surface area contributed by atoms with Crippen molar-refractivity contribution in [1.82, 2.24) is 5.32 Å². The Morgan fingerprint density at radius 1 is 1.03 bits per heavy atom. The van der Waals surface area contributed by atoms with Gasteiger partial charge in [-0.25, -0.2) is 4.79 Å². The van der Waals surface area contributed by atoms with Crippen molar-refractivity contribution in [3.63, 3.8) is 0 Å². The van der Waals surface area contributed by atoms with Crippen LogP contribution in [-0.2, 0) is 23.5 Å². The lowest BCUT2D eigenvalue weighted by Crippen LogP contribution is -2.50. The van der Waals surface area contributed by atoms with E-state index in [2.05, 4.69) is 39.2 Å². The van der Waals surface area contributed by atoms with Crippen molar-refractivity contribution in [2.24, 2.45) is 5.92 Å². The van der Waals surface area contributed by atoms with Crippen molar-refractivity contribution in [3.05, 3.63) is 0 Å². The molecule has 1 amide bonds. The van der Waals surface area contributed by atoms with E-state index in [1.165, 1.54) is 0 Å². The highest BCUT2D eigenvalue weighted by molar-refractivity contribution is 7.86. The van der Waals surface area contributed by atoms with Crippen molar-refractivity contribution in [1.29, 1.82) is 0 Å². The van der Waals surface area contributed by atoms with E-state index in [0.29, 0.717) is 0 Å². The van der Waals surface area contributed by atoms with E-state index in [1.54, 1.807) is 27.7 Å². The molecule has 7 nitrogen and oxygen atoms in total. The Morgan fingerprint density at radius 2 is 1.53 bits per heavy atom. The molecule has 9 heteroatoms. The molecule has 30 heavy (non-hydrogen) atoms. The highest BCUT2D eigenvalue weighted by Gasteiger charge is 2.41. The molecule has 2 atom stereocenters. The molecule has 1 saturated carbocycles. The van der Waals surface area contributed by atoms with Crippen LogP contribution in [0.3, 0.4) is 0 Å². The molecule has 0 aromatic rings. The molecule has 0 aliphatic heterocycles. The maximum atomic E-state index is 12.2. The fourth-order valence-corrected chi connectivity index (χ4v) is 5.63. The predicted molar refractivity (Wildman–Crippen MR) is 123 cm³/mol. The lowest BCUT2D eigenvalue weighted by atomic mass is 9.82. The van der Waals surface area contributed by atoms with Gasteiger partial charge in [-0.1, -0.05) is 20.8 Å². The van der Waals surface area contributed by atoms with Gasteiger partial charge in [0.15, 0.2) is 8.32 Å². The van der Waals surface area contributed by atoms with Crippen molar-refractivity contribution >= 4 is 24.5 Å². The van der Waals surface area contributed by atoms with Gasteiger partial charge in [-0.2, -0.15) is 8.42 Å². The lowest BCUT2D eigenvalue weighted by Gasteiger charge is -2.42. The first-order valence-corrected chi connectivity index (χ1v) is 15.6. The summed E-state index contributed by atoms with van der Waals surface area (Å²) in [5.74, 6) is 0.0175. The van der Waals surface area contributed by atoms with E-state index in [1.807, 2.05) is 0 Å². The number of hydrogen-bond donors (Lipinski definition) is 1. The van der Waals surface area contributed by atoms with Gasteiger partial charge in [0.05, 0.1) is 18.4 Å². The lowest BCUT2D eigenvalue weighted by molar-refractivity contribution is 0.0287. The van der Waals surface area contributed by atoms with Gasteiger partial charge >= 0.3 is 6.09 Å². The van der Waals surface area contributed by atoms with Crippen molar-refractivity contribution < 1.29 is 26.6 Å². The second-order valence-electron chi connectivity index (χ2n) is 11.1. The van der Waals surface area contributed by atoms with Crippen LogP contribution in [0.15, 0.2) is 0 Å². The quantitative estimate of drug-likeness (QED) is 0.428. The Labute approximate surface area is 184 Å². The monoisotopic (exact) mass is 465 g/mol. The van der Waals surface area contributed by atoms with E-state index >= 15 is 0 Å². The van der Waals surface area contributed by atoms with E-state index in [-0.39, 0.29) is 17.1 Å². The van der Waals surface area contributed by atoms with Crippen molar-refractivity contribution in [3.8, 4) is 0 Å². The van der Waals surface area contributed by atoms with Crippen LogP contribution in [-0.4, -0.2) is 52.9 Å². The number of alkyl carbamates (subject to hydrolysis) is 1. The summed E-state index contributed by atoms with van der Waals surface area (Å²) >= 11 is 0. The highest BCUT2D eigenvalue weighted by Crippen LogP contribution is 2.40. The topological polar surface area (TPSA) is 90.9 Å². The first-order valence-electron chi connectivity index (χ1n) is 10.9. The van der Waals surface area contributed by atoms with Crippen molar-refractivity contribution in [2.45, 2.75) is 116 Å². The number of carbonyl (C=O) groups is 1. The highest BCUT2D eigenvalue weighted by atomic mass is 32.2. The smallest absolute Gasteiger partial charge is 0.407 e. The third-order valence-corrected chi connectivity index (χ3v) is 11.1. The second kappa shape index (κ2) is 9.88. The Morgan fingerprint density at radius 3 is 1.93 bits per heavy atom. The molecule has 1 fully saturated rings. The van der Waals surface area contributed by atoms with Gasteiger partial charge in [0.2, 0.25) is 0 Å². The first kappa shape index (κ1) is 27.4. The number of amides is 1. The number of carbonyl (C=O) groups excluding carboxylic acids is 1. The van der Waals surface area contributed by atoms with E-state index in [0.717, 1.165) is 31.9 Å². The molecule has 1 aliphatic rings. The molecule has 0 aromatic heterocycles. The molecule has 178 valence electrons. The van der Waals surface area contributed by atoms with Crippen LogP contribution in [0, 0.1) is 5.92 Å². The molecule has 0 bridgehead atoms. The fourth-order valence-electron chi connectivity index (χ4n) is 3.48.